The van der Waals surface area contributed by atoms with Crippen molar-refractivity contribution in [2.45, 2.75) is 36.6 Å². The lowest BCUT2D eigenvalue weighted by Gasteiger charge is -2.33. The molecule has 0 aliphatic carbocycles. The van der Waals surface area contributed by atoms with Gasteiger partial charge >= 0.3 is 0 Å². The number of sulfonamides is 1. The molecule has 1 atom stereocenters. The monoisotopic (exact) mass is 347 g/mol. The minimum Gasteiger partial charge on any atom is -0.324 e. The molecule has 1 aromatic carbocycles. The van der Waals surface area contributed by atoms with Crippen LogP contribution >= 0.6 is 12.4 Å². The Morgan fingerprint density at radius 3 is 2.64 bits per heavy atom. The number of hydrogen-bond acceptors (Lipinski definition) is 4. The summed E-state index contributed by atoms with van der Waals surface area (Å²) < 4.78 is 25.8. The average Bonchev–Trinajstić information content (AvgIpc) is 2.48. The van der Waals surface area contributed by atoms with Crippen LogP contribution in [0.25, 0.3) is 0 Å². The Balaban J connectivity index is 0.00000242. The van der Waals surface area contributed by atoms with Crippen molar-refractivity contribution in [3.05, 3.63) is 24.3 Å². The van der Waals surface area contributed by atoms with E-state index in [1.165, 1.54) is 19.2 Å². The zero-order valence-electron chi connectivity index (χ0n) is 12.7. The Bertz CT molecular complexity index is 628. The van der Waals surface area contributed by atoms with Crippen molar-refractivity contribution in [3.8, 4) is 0 Å². The van der Waals surface area contributed by atoms with Crippen LogP contribution in [0.4, 0.5) is 5.69 Å². The van der Waals surface area contributed by atoms with Gasteiger partial charge in [-0.25, -0.2) is 13.1 Å². The van der Waals surface area contributed by atoms with Gasteiger partial charge in [0, 0.05) is 5.69 Å². The Hall–Kier alpha value is -1.15. The van der Waals surface area contributed by atoms with Crippen LogP contribution in [0.5, 0.6) is 0 Å². The summed E-state index contributed by atoms with van der Waals surface area (Å²) in [5.41, 5.74) is -0.124. The number of benzene rings is 1. The van der Waals surface area contributed by atoms with Crippen molar-refractivity contribution < 1.29 is 13.2 Å². The molecule has 1 amide bonds. The van der Waals surface area contributed by atoms with Crippen molar-refractivity contribution >= 4 is 34.0 Å². The lowest BCUT2D eigenvalue weighted by Crippen LogP contribution is -2.54. The second kappa shape index (κ2) is 7.41. The predicted molar refractivity (Wildman–Crippen MR) is 88.8 cm³/mol. The van der Waals surface area contributed by atoms with Crippen molar-refractivity contribution in [2.75, 3.05) is 18.9 Å². The lowest BCUT2D eigenvalue weighted by atomic mass is 9.90. The summed E-state index contributed by atoms with van der Waals surface area (Å²) >= 11 is 0. The highest BCUT2D eigenvalue weighted by Crippen LogP contribution is 2.22. The molecule has 1 unspecified atom stereocenters. The number of nitrogens with one attached hydrogen (secondary N) is 3. The van der Waals surface area contributed by atoms with E-state index in [0.29, 0.717) is 5.69 Å². The van der Waals surface area contributed by atoms with Crippen LogP contribution in [0.15, 0.2) is 29.2 Å². The predicted octanol–water partition coefficient (Wildman–Crippen LogP) is 1.49. The number of piperidine rings is 1. The van der Waals surface area contributed by atoms with Gasteiger partial charge in [0.25, 0.3) is 0 Å². The smallest absolute Gasteiger partial charge is 0.244 e. The molecule has 1 aliphatic heterocycles. The number of rotatable bonds is 4. The maximum absolute atomic E-state index is 12.4. The first kappa shape index (κ1) is 18.9. The van der Waals surface area contributed by atoms with E-state index in [2.05, 4.69) is 15.4 Å². The van der Waals surface area contributed by atoms with Gasteiger partial charge in [-0.3, -0.25) is 4.79 Å². The van der Waals surface area contributed by atoms with Crippen LogP contribution in [-0.2, 0) is 14.8 Å². The minimum atomic E-state index is -3.51. The fourth-order valence-electron chi connectivity index (χ4n) is 2.38. The van der Waals surface area contributed by atoms with Crippen molar-refractivity contribution in [3.63, 3.8) is 0 Å². The summed E-state index contributed by atoms with van der Waals surface area (Å²) in [5.74, 6) is -0.138. The summed E-state index contributed by atoms with van der Waals surface area (Å²) in [6.07, 6.45) is 2.84. The molecule has 1 aliphatic rings. The molecule has 0 saturated carbocycles. The molecule has 0 aromatic heterocycles. The molecule has 22 heavy (non-hydrogen) atoms. The van der Waals surface area contributed by atoms with Crippen LogP contribution in [0.2, 0.25) is 0 Å². The maximum Gasteiger partial charge on any atom is 0.244 e. The first-order chi connectivity index (χ1) is 9.87. The molecule has 1 aromatic rings. The molecule has 124 valence electrons. The third-order valence-corrected chi connectivity index (χ3v) is 5.20. The van der Waals surface area contributed by atoms with Crippen molar-refractivity contribution in [1.82, 2.24) is 10.0 Å². The Labute approximate surface area is 137 Å². The molecule has 1 heterocycles. The third kappa shape index (κ3) is 4.19. The number of anilines is 1. The highest BCUT2D eigenvalue weighted by Gasteiger charge is 2.34. The van der Waals surface area contributed by atoms with E-state index in [-0.39, 0.29) is 23.2 Å². The molecule has 0 radical (unpaired) electrons. The van der Waals surface area contributed by atoms with Crippen LogP contribution < -0.4 is 15.4 Å². The summed E-state index contributed by atoms with van der Waals surface area (Å²) in [6, 6.07) is 6.23. The molecule has 0 bridgehead atoms. The first-order valence-corrected chi connectivity index (χ1v) is 8.46. The van der Waals surface area contributed by atoms with Gasteiger partial charge < -0.3 is 10.6 Å². The molecule has 2 rings (SSSR count). The number of hydrogen-bond donors (Lipinski definition) is 3. The largest absolute Gasteiger partial charge is 0.324 e. The molecular weight excluding hydrogens is 326 g/mol. The second-order valence-electron chi connectivity index (χ2n) is 5.41. The van der Waals surface area contributed by atoms with E-state index in [1.807, 2.05) is 6.92 Å². The van der Waals surface area contributed by atoms with E-state index in [9.17, 15) is 13.2 Å². The van der Waals surface area contributed by atoms with E-state index >= 15 is 0 Å². The molecule has 1 saturated heterocycles. The molecule has 8 heteroatoms. The van der Waals surface area contributed by atoms with Gasteiger partial charge in [-0.2, -0.15) is 0 Å². The third-order valence-electron chi connectivity index (χ3n) is 3.79. The van der Waals surface area contributed by atoms with Gasteiger partial charge in [0.05, 0.1) is 10.4 Å². The van der Waals surface area contributed by atoms with Gasteiger partial charge in [0.1, 0.15) is 0 Å². The first-order valence-electron chi connectivity index (χ1n) is 6.97. The van der Waals surface area contributed by atoms with E-state index in [4.69, 9.17) is 0 Å². The van der Waals surface area contributed by atoms with Crippen LogP contribution in [0.3, 0.4) is 0 Å². The number of amides is 1. The van der Waals surface area contributed by atoms with Crippen LogP contribution in [-0.4, -0.2) is 33.5 Å². The Morgan fingerprint density at radius 1 is 1.32 bits per heavy atom. The number of carbonyl (C=O) groups is 1. The zero-order chi connectivity index (χ0) is 15.5. The van der Waals surface area contributed by atoms with Gasteiger partial charge in [0.15, 0.2) is 0 Å². The van der Waals surface area contributed by atoms with Crippen LogP contribution in [0.1, 0.15) is 26.2 Å². The summed E-state index contributed by atoms with van der Waals surface area (Å²) in [5, 5.41) is 6.02. The van der Waals surface area contributed by atoms with E-state index < -0.39 is 15.6 Å². The normalized spacial score (nSPS) is 21.7. The minimum absolute atomic E-state index is 0. The fourth-order valence-corrected chi connectivity index (χ4v) is 3.15. The standard InChI is InChI=1S/C14H21N3O3S.ClH/c1-14(8-3-4-9-16-14)13(18)17-11-6-5-7-12(10-11)21(19,20)15-2;/h5-7,10,15-16H,3-4,8-9H2,1-2H3,(H,17,18);1H. The zero-order valence-corrected chi connectivity index (χ0v) is 14.3. The highest BCUT2D eigenvalue weighted by molar-refractivity contribution is 7.89. The van der Waals surface area contributed by atoms with Crippen molar-refractivity contribution in [2.24, 2.45) is 0 Å². The molecular formula is C14H22ClN3O3S. The fraction of sp³-hybridized carbons (Fsp3) is 0.500. The number of halogens is 1. The average molecular weight is 348 g/mol. The van der Waals surface area contributed by atoms with E-state index in [1.54, 1.807) is 12.1 Å². The summed E-state index contributed by atoms with van der Waals surface area (Å²) in [7, 11) is -2.16. The molecule has 1 fully saturated rings. The SMILES string of the molecule is CNS(=O)(=O)c1cccc(NC(=O)C2(C)CCCCN2)c1.Cl. The molecule has 0 spiro atoms. The molecule has 3 N–H and O–H groups in total. The van der Waals surface area contributed by atoms with Gasteiger partial charge in [-0.15, -0.1) is 12.4 Å². The topological polar surface area (TPSA) is 87.3 Å². The summed E-state index contributed by atoms with van der Waals surface area (Å²) in [6.45, 7) is 2.69. The summed E-state index contributed by atoms with van der Waals surface area (Å²) in [4.78, 5) is 12.5. The van der Waals surface area contributed by atoms with Gasteiger partial charge in [-0.1, -0.05) is 6.07 Å². The second-order valence-corrected chi connectivity index (χ2v) is 7.29. The van der Waals surface area contributed by atoms with Gasteiger partial charge in [0.2, 0.25) is 15.9 Å². The maximum atomic E-state index is 12.4. The Kier molecular flexibility index (Phi) is 6.37. The highest BCUT2D eigenvalue weighted by atomic mass is 35.5. The number of carbonyl (C=O) groups excluding carboxylic acids is 1. The van der Waals surface area contributed by atoms with Gasteiger partial charge in [-0.05, 0) is 58.0 Å². The van der Waals surface area contributed by atoms with Crippen LogP contribution in [0, 0.1) is 0 Å². The molecule has 6 nitrogen and oxygen atoms in total. The van der Waals surface area contributed by atoms with E-state index in [0.717, 1.165) is 25.8 Å². The lowest BCUT2D eigenvalue weighted by molar-refractivity contribution is -0.122. The van der Waals surface area contributed by atoms with Crippen molar-refractivity contribution in [1.29, 1.82) is 0 Å². The Morgan fingerprint density at radius 2 is 2.05 bits per heavy atom. The quantitative estimate of drug-likeness (QED) is 0.770.